The van der Waals surface area contributed by atoms with Gasteiger partial charge in [0.05, 0.1) is 16.8 Å². The van der Waals surface area contributed by atoms with Gasteiger partial charge in [0, 0.05) is 11.8 Å². The van der Waals surface area contributed by atoms with Crippen LogP contribution in [0.4, 0.5) is 17.6 Å². The van der Waals surface area contributed by atoms with Crippen molar-refractivity contribution in [3.8, 4) is 5.82 Å². The Labute approximate surface area is 114 Å². The minimum absolute atomic E-state index is 0.0112. The zero-order chi connectivity index (χ0) is 15.1. The van der Waals surface area contributed by atoms with Crippen LogP contribution >= 0.6 is 11.6 Å². The molecular formula is C11H6ClF4N3O. The Hall–Kier alpha value is -1.96. The third-order valence-corrected chi connectivity index (χ3v) is 2.72. The van der Waals surface area contributed by atoms with Gasteiger partial charge in [-0.2, -0.15) is 23.0 Å². The number of alkyl halides is 3. The Balaban J connectivity index is 2.66. The van der Waals surface area contributed by atoms with Crippen molar-refractivity contribution in [2.24, 2.45) is 0 Å². The molecule has 0 saturated carbocycles. The highest BCUT2D eigenvalue weighted by molar-refractivity contribution is 6.30. The zero-order valence-corrected chi connectivity index (χ0v) is 10.6. The molecule has 2 rings (SSSR count). The fourth-order valence-electron chi connectivity index (χ4n) is 1.54. The second-order valence-corrected chi connectivity index (χ2v) is 4.29. The van der Waals surface area contributed by atoms with Crippen molar-refractivity contribution in [2.45, 2.75) is 13.1 Å². The molecule has 0 spiro atoms. The molecule has 0 fully saturated rings. The van der Waals surface area contributed by atoms with Crippen LogP contribution in [0.15, 0.2) is 23.3 Å². The van der Waals surface area contributed by atoms with Crippen LogP contribution in [0.25, 0.3) is 5.82 Å². The van der Waals surface area contributed by atoms with Crippen LogP contribution in [-0.4, -0.2) is 14.8 Å². The molecule has 0 amide bonds. The van der Waals surface area contributed by atoms with Crippen molar-refractivity contribution in [3.05, 3.63) is 50.8 Å². The Bertz CT molecular complexity index is 727. The van der Waals surface area contributed by atoms with Gasteiger partial charge in [-0.05, 0) is 13.0 Å². The van der Waals surface area contributed by atoms with E-state index in [4.69, 9.17) is 11.6 Å². The third kappa shape index (κ3) is 2.51. The van der Waals surface area contributed by atoms with E-state index in [1.807, 2.05) is 0 Å². The SMILES string of the molecule is Cc1c(C(F)(F)F)cnn(-c2ncc(Cl)cc2F)c1=O. The lowest BCUT2D eigenvalue weighted by atomic mass is 10.2. The van der Waals surface area contributed by atoms with Gasteiger partial charge in [0.25, 0.3) is 5.56 Å². The van der Waals surface area contributed by atoms with Crippen LogP contribution in [-0.2, 0) is 6.18 Å². The van der Waals surface area contributed by atoms with Gasteiger partial charge in [-0.25, -0.2) is 9.37 Å². The van der Waals surface area contributed by atoms with Crippen molar-refractivity contribution >= 4 is 11.6 Å². The number of hydrogen-bond acceptors (Lipinski definition) is 3. The maximum Gasteiger partial charge on any atom is 0.418 e. The zero-order valence-electron chi connectivity index (χ0n) is 9.87. The Morgan fingerprint density at radius 1 is 1.30 bits per heavy atom. The molecule has 4 nitrogen and oxygen atoms in total. The quantitative estimate of drug-likeness (QED) is 0.761. The summed E-state index contributed by atoms with van der Waals surface area (Å²) in [7, 11) is 0. The van der Waals surface area contributed by atoms with Crippen molar-refractivity contribution < 1.29 is 17.6 Å². The first-order valence-electron chi connectivity index (χ1n) is 5.19. The summed E-state index contributed by atoms with van der Waals surface area (Å²) < 4.78 is 51.9. The summed E-state index contributed by atoms with van der Waals surface area (Å²) in [6, 6.07) is 0.880. The number of pyridine rings is 1. The number of halogens is 5. The average molecular weight is 308 g/mol. The summed E-state index contributed by atoms with van der Waals surface area (Å²) >= 11 is 5.50. The molecular weight excluding hydrogens is 302 g/mol. The first-order chi connectivity index (χ1) is 9.21. The third-order valence-electron chi connectivity index (χ3n) is 2.51. The molecule has 106 valence electrons. The summed E-state index contributed by atoms with van der Waals surface area (Å²) in [5.74, 6) is -1.48. The van der Waals surface area contributed by atoms with Gasteiger partial charge in [-0.15, -0.1) is 0 Å². The normalized spacial score (nSPS) is 11.7. The smallest absolute Gasteiger partial charge is 0.267 e. The van der Waals surface area contributed by atoms with E-state index in [-0.39, 0.29) is 5.02 Å². The molecule has 0 saturated heterocycles. The molecule has 0 atom stereocenters. The first-order valence-corrected chi connectivity index (χ1v) is 5.57. The van der Waals surface area contributed by atoms with E-state index in [1.54, 1.807) is 0 Å². The van der Waals surface area contributed by atoms with Crippen LogP contribution in [0, 0.1) is 12.7 Å². The molecule has 0 radical (unpaired) electrons. The molecule has 0 N–H and O–H groups in total. The summed E-state index contributed by atoms with van der Waals surface area (Å²) in [5.41, 5.74) is -2.87. The minimum Gasteiger partial charge on any atom is -0.267 e. The molecule has 0 aliphatic carbocycles. The molecule has 9 heteroatoms. The standard InChI is InChI=1S/C11H6ClF4N3O/c1-5-7(11(14,15)16)4-18-19(10(5)20)9-8(13)2-6(12)3-17-9/h2-4H,1H3. The Morgan fingerprint density at radius 3 is 2.50 bits per heavy atom. The Kier molecular flexibility index (Phi) is 3.51. The van der Waals surface area contributed by atoms with Crippen LogP contribution in [0.5, 0.6) is 0 Å². The van der Waals surface area contributed by atoms with Crippen LogP contribution in [0.1, 0.15) is 11.1 Å². The lowest BCUT2D eigenvalue weighted by Crippen LogP contribution is -2.28. The molecule has 2 aromatic rings. The highest BCUT2D eigenvalue weighted by Crippen LogP contribution is 2.29. The molecule has 0 aliphatic rings. The van der Waals surface area contributed by atoms with E-state index in [0.29, 0.717) is 10.9 Å². The first kappa shape index (κ1) is 14.4. The fourth-order valence-corrected chi connectivity index (χ4v) is 1.68. The van der Waals surface area contributed by atoms with E-state index in [1.165, 1.54) is 0 Å². The monoisotopic (exact) mass is 307 g/mol. The number of aromatic nitrogens is 3. The molecule has 2 aromatic heterocycles. The molecule has 0 aliphatic heterocycles. The lowest BCUT2D eigenvalue weighted by molar-refractivity contribution is -0.138. The molecule has 2 heterocycles. The van der Waals surface area contributed by atoms with E-state index in [9.17, 15) is 22.4 Å². The molecule has 0 aromatic carbocycles. The van der Waals surface area contributed by atoms with Crippen molar-refractivity contribution in [1.82, 2.24) is 14.8 Å². The number of nitrogens with zero attached hydrogens (tertiary/aromatic N) is 3. The molecule has 0 bridgehead atoms. The van der Waals surface area contributed by atoms with Crippen molar-refractivity contribution in [1.29, 1.82) is 0 Å². The van der Waals surface area contributed by atoms with Crippen LogP contribution in [0.2, 0.25) is 5.02 Å². The van der Waals surface area contributed by atoms with Crippen LogP contribution in [0.3, 0.4) is 0 Å². The average Bonchev–Trinajstić information content (AvgIpc) is 2.32. The van der Waals surface area contributed by atoms with E-state index in [0.717, 1.165) is 19.2 Å². The van der Waals surface area contributed by atoms with Gasteiger partial charge in [-0.3, -0.25) is 4.79 Å². The van der Waals surface area contributed by atoms with Gasteiger partial charge in [0.15, 0.2) is 11.6 Å². The predicted molar refractivity (Wildman–Crippen MR) is 62.3 cm³/mol. The van der Waals surface area contributed by atoms with Crippen molar-refractivity contribution in [3.63, 3.8) is 0 Å². The van der Waals surface area contributed by atoms with Gasteiger partial charge in [0.2, 0.25) is 0 Å². The second-order valence-electron chi connectivity index (χ2n) is 3.86. The van der Waals surface area contributed by atoms with Crippen LogP contribution < -0.4 is 5.56 Å². The number of hydrogen-bond donors (Lipinski definition) is 0. The molecule has 0 unspecified atom stereocenters. The number of rotatable bonds is 1. The minimum atomic E-state index is -4.71. The Morgan fingerprint density at radius 2 is 1.95 bits per heavy atom. The van der Waals surface area contributed by atoms with E-state index >= 15 is 0 Å². The topological polar surface area (TPSA) is 47.8 Å². The van der Waals surface area contributed by atoms with Gasteiger partial charge >= 0.3 is 6.18 Å². The van der Waals surface area contributed by atoms with E-state index in [2.05, 4.69) is 10.1 Å². The van der Waals surface area contributed by atoms with Gasteiger partial charge in [-0.1, -0.05) is 11.6 Å². The summed E-state index contributed by atoms with van der Waals surface area (Å²) in [6.45, 7) is 0.983. The predicted octanol–water partition coefficient (Wildman–Crippen LogP) is 2.75. The molecule has 20 heavy (non-hydrogen) atoms. The maximum atomic E-state index is 13.6. The largest absolute Gasteiger partial charge is 0.418 e. The van der Waals surface area contributed by atoms with Crippen molar-refractivity contribution in [2.75, 3.05) is 0 Å². The van der Waals surface area contributed by atoms with Gasteiger partial charge in [0.1, 0.15) is 0 Å². The summed E-state index contributed by atoms with van der Waals surface area (Å²) in [5, 5.41) is 3.29. The summed E-state index contributed by atoms with van der Waals surface area (Å²) in [6.07, 6.45) is -3.20. The highest BCUT2D eigenvalue weighted by Gasteiger charge is 2.34. The lowest BCUT2D eigenvalue weighted by Gasteiger charge is -2.11. The highest BCUT2D eigenvalue weighted by atomic mass is 35.5. The summed E-state index contributed by atoms with van der Waals surface area (Å²) in [4.78, 5) is 15.4. The fraction of sp³-hybridized carbons (Fsp3) is 0.182. The second kappa shape index (κ2) is 4.86. The maximum absolute atomic E-state index is 13.6. The van der Waals surface area contributed by atoms with Gasteiger partial charge < -0.3 is 0 Å². The van der Waals surface area contributed by atoms with E-state index < -0.39 is 34.5 Å².